The average molecular weight is 225 g/mol. The topological polar surface area (TPSA) is 114 Å². The summed E-state index contributed by atoms with van der Waals surface area (Å²) in [7, 11) is -3.83. The highest BCUT2D eigenvalue weighted by Crippen LogP contribution is 2.09. The van der Waals surface area contributed by atoms with Gasteiger partial charge in [0, 0.05) is 5.56 Å². The van der Waals surface area contributed by atoms with E-state index in [9.17, 15) is 13.2 Å². The molecule has 1 rings (SSSR count). The van der Waals surface area contributed by atoms with E-state index in [4.69, 9.17) is 10.7 Å². The average Bonchev–Trinajstić information content (AvgIpc) is 2.17. The van der Waals surface area contributed by atoms with Crippen LogP contribution >= 0.6 is 0 Å². The van der Waals surface area contributed by atoms with Crippen LogP contribution in [0.1, 0.15) is 10.4 Å². The number of primary sulfonamides is 1. The zero-order chi connectivity index (χ0) is 11.5. The summed E-state index contributed by atoms with van der Waals surface area (Å²) in [6.07, 6.45) is 0.669. The number of rotatable bonds is 3. The van der Waals surface area contributed by atoms with E-state index in [0.717, 1.165) is 6.07 Å². The lowest BCUT2D eigenvalue weighted by Crippen LogP contribution is -2.13. The van der Waals surface area contributed by atoms with E-state index in [2.05, 4.69) is 4.79 Å². The Kier molecular flexibility index (Phi) is 3.11. The van der Waals surface area contributed by atoms with Crippen molar-refractivity contribution in [2.75, 3.05) is 0 Å². The predicted molar refractivity (Wildman–Crippen MR) is 51.8 cm³/mol. The summed E-state index contributed by atoms with van der Waals surface area (Å²) in [6, 6.07) is 5.14. The Morgan fingerprint density at radius 2 is 2.13 bits per heavy atom. The highest BCUT2D eigenvalue weighted by Gasteiger charge is 2.12. The molecular weight excluding hydrogens is 218 g/mol. The molecule has 0 spiro atoms. The minimum Gasteiger partial charge on any atom is -0.361 e. The first-order valence-corrected chi connectivity index (χ1v) is 5.34. The van der Waals surface area contributed by atoms with Crippen LogP contribution in [0, 0.1) is 0 Å². The molecule has 2 N–H and O–H groups in total. The second kappa shape index (κ2) is 4.14. The molecule has 0 saturated carbocycles. The summed E-state index contributed by atoms with van der Waals surface area (Å²) in [6.45, 7) is 0. The van der Waals surface area contributed by atoms with Gasteiger partial charge in [-0.15, -0.1) is 0 Å². The molecule has 0 saturated heterocycles. The van der Waals surface area contributed by atoms with Gasteiger partial charge in [0.2, 0.25) is 10.0 Å². The summed E-state index contributed by atoms with van der Waals surface area (Å²) in [5.41, 5.74) is 8.22. The number of hydrogen-bond acceptors (Lipinski definition) is 3. The molecule has 0 atom stereocenters. The SMILES string of the molecule is [N-]=[N+]=CC(=O)c1cccc(S(N)(=O)=O)c1. The first-order chi connectivity index (χ1) is 6.95. The minimum absolute atomic E-state index is 0.0827. The van der Waals surface area contributed by atoms with Gasteiger partial charge in [-0.25, -0.2) is 13.6 Å². The fourth-order valence-corrected chi connectivity index (χ4v) is 1.51. The van der Waals surface area contributed by atoms with Gasteiger partial charge in [0.1, 0.15) is 0 Å². The Labute approximate surface area is 86.0 Å². The number of Topliss-reactive ketones (excluding diaryl/α,β-unsaturated/α-hetero) is 1. The van der Waals surface area contributed by atoms with Crippen LogP contribution in [0.15, 0.2) is 29.2 Å². The summed E-state index contributed by atoms with van der Waals surface area (Å²) in [5, 5.41) is 4.88. The van der Waals surface area contributed by atoms with Crippen molar-refractivity contribution in [2.45, 2.75) is 4.90 Å². The summed E-state index contributed by atoms with van der Waals surface area (Å²) >= 11 is 0. The van der Waals surface area contributed by atoms with Gasteiger partial charge in [-0.05, 0) is 12.1 Å². The van der Waals surface area contributed by atoms with Crippen LogP contribution < -0.4 is 5.14 Å². The van der Waals surface area contributed by atoms with E-state index in [1.165, 1.54) is 18.2 Å². The molecule has 0 bridgehead atoms. The second-order valence-electron chi connectivity index (χ2n) is 2.68. The fourth-order valence-electron chi connectivity index (χ4n) is 0.953. The van der Waals surface area contributed by atoms with E-state index >= 15 is 0 Å². The number of carbonyl (C=O) groups is 1. The lowest BCUT2D eigenvalue weighted by atomic mass is 10.1. The number of sulfonamides is 1. The molecule has 0 fully saturated rings. The molecular formula is C8H7N3O3S. The minimum atomic E-state index is -3.83. The molecule has 0 heterocycles. The number of benzene rings is 1. The first kappa shape index (κ1) is 11.3. The van der Waals surface area contributed by atoms with Gasteiger partial charge < -0.3 is 5.53 Å². The van der Waals surface area contributed by atoms with Crippen LogP contribution in [0.5, 0.6) is 0 Å². The molecule has 0 radical (unpaired) electrons. The molecule has 6 nitrogen and oxygen atoms in total. The van der Waals surface area contributed by atoms with Gasteiger partial charge in [-0.3, -0.25) is 4.79 Å². The van der Waals surface area contributed by atoms with Crippen molar-refractivity contribution >= 4 is 22.0 Å². The molecule has 7 heteroatoms. The standard InChI is InChI=1S/C8H7N3O3S/c9-11-5-8(12)6-2-1-3-7(4-6)15(10,13)14/h1-5H,(H2,10,13,14). The number of nitrogens with zero attached hydrogens (tertiary/aromatic N) is 2. The molecule has 0 aliphatic heterocycles. The summed E-state index contributed by atoms with van der Waals surface area (Å²) in [4.78, 5) is 13.6. The second-order valence-corrected chi connectivity index (χ2v) is 4.24. The fraction of sp³-hybridized carbons (Fsp3) is 0. The highest BCUT2D eigenvalue weighted by atomic mass is 32.2. The van der Waals surface area contributed by atoms with Gasteiger partial charge >= 0.3 is 6.21 Å². The van der Waals surface area contributed by atoms with E-state index < -0.39 is 15.8 Å². The number of hydrogen-bond donors (Lipinski definition) is 1. The van der Waals surface area contributed by atoms with Crippen molar-refractivity contribution in [1.82, 2.24) is 0 Å². The Bertz CT molecular complexity index is 544. The van der Waals surface area contributed by atoms with E-state index in [1.807, 2.05) is 0 Å². The van der Waals surface area contributed by atoms with Crippen LogP contribution in [-0.4, -0.2) is 25.2 Å². The molecule has 78 valence electrons. The van der Waals surface area contributed by atoms with E-state index in [-0.39, 0.29) is 10.5 Å². The monoisotopic (exact) mass is 225 g/mol. The van der Waals surface area contributed by atoms with Crippen LogP contribution in [-0.2, 0) is 10.0 Å². The van der Waals surface area contributed by atoms with Crippen LogP contribution in [0.2, 0.25) is 0 Å². The normalized spacial score (nSPS) is 10.5. The molecule has 1 aromatic carbocycles. The number of carbonyl (C=O) groups excluding carboxylic acids is 1. The van der Waals surface area contributed by atoms with Crippen LogP contribution in [0.3, 0.4) is 0 Å². The number of ketones is 1. The highest BCUT2D eigenvalue weighted by molar-refractivity contribution is 7.89. The predicted octanol–water partition coefficient (Wildman–Crippen LogP) is -0.183. The van der Waals surface area contributed by atoms with Gasteiger partial charge in [0.05, 0.1) is 4.90 Å². The van der Waals surface area contributed by atoms with Crippen molar-refractivity contribution in [3.05, 3.63) is 35.4 Å². The van der Waals surface area contributed by atoms with Crippen molar-refractivity contribution in [1.29, 1.82) is 0 Å². The Morgan fingerprint density at radius 1 is 1.47 bits per heavy atom. The van der Waals surface area contributed by atoms with Gasteiger partial charge in [0.25, 0.3) is 5.78 Å². The first-order valence-electron chi connectivity index (χ1n) is 3.80. The van der Waals surface area contributed by atoms with Crippen LogP contribution in [0.25, 0.3) is 5.53 Å². The maximum absolute atomic E-state index is 11.2. The summed E-state index contributed by atoms with van der Waals surface area (Å²) in [5.74, 6) is -0.608. The Morgan fingerprint density at radius 3 is 2.67 bits per heavy atom. The van der Waals surface area contributed by atoms with Crippen molar-refractivity contribution < 1.29 is 18.0 Å². The molecule has 15 heavy (non-hydrogen) atoms. The van der Waals surface area contributed by atoms with Crippen molar-refractivity contribution in [2.24, 2.45) is 5.14 Å². The molecule has 0 aromatic heterocycles. The molecule has 0 amide bonds. The third-order valence-corrected chi connectivity index (χ3v) is 2.53. The molecule has 0 aliphatic carbocycles. The van der Waals surface area contributed by atoms with Gasteiger partial charge in [-0.2, -0.15) is 4.79 Å². The lowest BCUT2D eigenvalue weighted by molar-refractivity contribution is 0.00234. The molecule has 0 aliphatic rings. The van der Waals surface area contributed by atoms with E-state index in [0.29, 0.717) is 6.21 Å². The maximum atomic E-state index is 11.2. The zero-order valence-electron chi connectivity index (χ0n) is 7.49. The maximum Gasteiger partial charge on any atom is 0.328 e. The van der Waals surface area contributed by atoms with E-state index in [1.54, 1.807) is 0 Å². The lowest BCUT2D eigenvalue weighted by Gasteiger charge is -1.98. The van der Waals surface area contributed by atoms with Gasteiger partial charge in [-0.1, -0.05) is 12.1 Å². The summed E-state index contributed by atoms with van der Waals surface area (Å²) < 4.78 is 21.9. The molecule has 0 unspecified atom stereocenters. The zero-order valence-corrected chi connectivity index (χ0v) is 8.31. The molecule has 1 aromatic rings. The number of nitrogens with two attached hydrogens (primary N) is 1. The quantitative estimate of drug-likeness (QED) is 0.333. The third-order valence-electron chi connectivity index (χ3n) is 1.62. The van der Waals surface area contributed by atoms with Crippen molar-refractivity contribution in [3.63, 3.8) is 0 Å². The van der Waals surface area contributed by atoms with Crippen molar-refractivity contribution in [3.8, 4) is 0 Å². The van der Waals surface area contributed by atoms with Crippen LogP contribution in [0.4, 0.5) is 0 Å². The Balaban J connectivity index is 3.25. The Hall–Kier alpha value is -1.82. The third kappa shape index (κ3) is 2.81. The smallest absolute Gasteiger partial charge is 0.328 e. The largest absolute Gasteiger partial charge is 0.361 e. The van der Waals surface area contributed by atoms with Gasteiger partial charge in [0.15, 0.2) is 0 Å².